The van der Waals surface area contributed by atoms with E-state index in [1.165, 1.54) is 0 Å². The summed E-state index contributed by atoms with van der Waals surface area (Å²) in [6, 6.07) is 15.3. The summed E-state index contributed by atoms with van der Waals surface area (Å²) in [6.07, 6.45) is -0.0766. The number of rotatable bonds is 5. The van der Waals surface area contributed by atoms with Crippen LogP contribution in [0.3, 0.4) is 0 Å². The SMILES string of the molecule is CC1=C(C(=O)OC(C)C)[C@@H](c2ccccc2Cl)CC(=O)N1Cc1ccccc1C. The van der Waals surface area contributed by atoms with Gasteiger partial charge >= 0.3 is 5.97 Å². The summed E-state index contributed by atoms with van der Waals surface area (Å²) in [5, 5.41) is 0.542. The quantitative estimate of drug-likeness (QED) is 0.619. The van der Waals surface area contributed by atoms with Crippen molar-refractivity contribution in [2.24, 2.45) is 0 Å². The molecule has 1 aliphatic rings. The van der Waals surface area contributed by atoms with Gasteiger partial charge in [0, 0.05) is 23.1 Å². The normalized spacial score (nSPS) is 17.1. The highest BCUT2D eigenvalue weighted by atomic mass is 35.5. The summed E-state index contributed by atoms with van der Waals surface area (Å²) >= 11 is 6.42. The molecular weight excluding hydrogens is 386 g/mol. The first-order valence-corrected chi connectivity index (χ1v) is 10.2. The van der Waals surface area contributed by atoms with Gasteiger partial charge in [0.25, 0.3) is 0 Å². The molecule has 0 fully saturated rings. The summed E-state index contributed by atoms with van der Waals surface area (Å²) in [7, 11) is 0. The number of ether oxygens (including phenoxy) is 1. The Kier molecular flexibility index (Phi) is 6.43. The standard InChI is InChI=1S/C24H26ClNO3/c1-15(2)29-24(28)23-17(4)26(14-18-10-6-5-9-16(18)3)22(27)13-20(23)19-11-7-8-12-21(19)25/h5-12,15,20H,13-14H2,1-4H3/t20-/m1/s1. The fraction of sp³-hybridized carbons (Fsp3) is 0.333. The van der Waals surface area contributed by atoms with E-state index in [1.54, 1.807) is 11.0 Å². The Morgan fingerprint density at radius 2 is 1.79 bits per heavy atom. The number of esters is 1. The number of hydrogen-bond donors (Lipinski definition) is 0. The number of carbonyl (C=O) groups is 2. The van der Waals surface area contributed by atoms with Gasteiger partial charge in [0.1, 0.15) is 0 Å². The number of carbonyl (C=O) groups excluding carboxylic acids is 2. The largest absolute Gasteiger partial charge is 0.460 e. The first-order chi connectivity index (χ1) is 13.8. The maximum absolute atomic E-state index is 13.1. The van der Waals surface area contributed by atoms with Crippen LogP contribution < -0.4 is 0 Å². The Balaban J connectivity index is 2.07. The fourth-order valence-corrected chi connectivity index (χ4v) is 3.99. The monoisotopic (exact) mass is 411 g/mol. The van der Waals surface area contributed by atoms with Crippen molar-refractivity contribution < 1.29 is 14.3 Å². The Hall–Kier alpha value is -2.59. The van der Waals surface area contributed by atoms with Crippen molar-refractivity contribution in [1.29, 1.82) is 0 Å². The third-order valence-electron chi connectivity index (χ3n) is 5.26. The van der Waals surface area contributed by atoms with Crippen molar-refractivity contribution in [3.05, 3.63) is 81.5 Å². The molecule has 0 spiro atoms. The topological polar surface area (TPSA) is 46.6 Å². The minimum atomic E-state index is -0.421. The Labute approximate surface area is 177 Å². The summed E-state index contributed by atoms with van der Waals surface area (Å²) < 4.78 is 5.53. The molecule has 0 unspecified atom stereocenters. The summed E-state index contributed by atoms with van der Waals surface area (Å²) in [6.45, 7) is 7.89. The summed E-state index contributed by atoms with van der Waals surface area (Å²) in [5.74, 6) is -0.850. The van der Waals surface area contributed by atoms with Crippen molar-refractivity contribution in [3.8, 4) is 0 Å². The van der Waals surface area contributed by atoms with E-state index in [4.69, 9.17) is 16.3 Å². The van der Waals surface area contributed by atoms with Gasteiger partial charge in [-0.05, 0) is 50.5 Å². The molecule has 152 valence electrons. The lowest BCUT2D eigenvalue weighted by Crippen LogP contribution is -2.38. The van der Waals surface area contributed by atoms with Crippen LogP contribution in [0, 0.1) is 6.92 Å². The molecule has 2 aromatic rings. The third kappa shape index (κ3) is 4.54. The van der Waals surface area contributed by atoms with E-state index in [9.17, 15) is 9.59 Å². The molecule has 0 aromatic heterocycles. The smallest absolute Gasteiger partial charge is 0.336 e. The first-order valence-electron chi connectivity index (χ1n) is 9.80. The van der Waals surface area contributed by atoms with Gasteiger partial charge in [0.05, 0.1) is 18.2 Å². The average molecular weight is 412 g/mol. The van der Waals surface area contributed by atoms with Crippen molar-refractivity contribution in [2.75, 3.05) is 0 Å². The van der Waals surface area contributed by atoms with Gasteiger partial charge in [0.2, 0.25) is 5.91 Å². The molecule has 0 saturated heterocycles. The van der Waals surface area contributed by atoms with Gasteiger partial charge in [-0.2, -0.15) is 0 Å². The van der Waals surface area contributed by atoms with Crippen molar-refractivity contribution in [2.45, 2.75) is 52.7 Å². The van der Waals surface area contributed by atoms with E-state index in [0.717, 1.165) is 16.7 Å². The Bertz CT molecular complexity index is 964. The molecule has 1 aliphatic heterocycles. The molecule has 2 aromatic carbocycles. The number of benzene rings is 2. The zero-order valence-corrected chi connectivity index (χ0v) is 18.0. The van der Waals surface area contributed by atoms with Gasteiger partial charge in [-0.3, -0.25) is 4.79 Å². The zero-order valence-electron chi connectivity index (χ0n) is 17.2. The maximum Gasteiger partial charge on any atom is 0.336 e. The van der Waals surface area contributed by atoms with Crippen LogP contribution in [0.1, 0.15) is 49.8 Å². The summed E-state index contributed by atoms with van der Waals surface area (Å²) in [5.41, 5.74) is 4.05. The number of amides is 1. The molecule has 1 heterocycles. The van der Waals surface area contributed by atoms with E-state index in [1.807, 2.05) is 70.2 Å². The van der Waals surface area contributed by atoms with E-state index in [2.05, 4.69) is 0 Å². The van der Waals surface area contributed by atoms with Crippen LogP contribution in [0.4, 0.5) is 0 Å². The van der Waals surface area contributed by atoms with Gasteiger partial charge in [0.15, 0.2) is 0 Å². The fourth-order valence-electron chi connectivity index (χ4n) is 3.73. The molecule has 3 rings (SSSR count). The molecule has 0 N–H and O–H groups in total. The predicted octanol–water partition coefficient (Wildman–Crippen LogP) is 5.39. The second-order valence-corrected chi connectivity index (χ2v) is 8.04. The average Bonchev–Trinajstić information content (AvgIpc) is 2.65. The lowest BCUT2D eigenvalue weighted by atomic mass is 9.83. The number of hydrogen-bond acceptors (Lipinski definition) is 3. The first kappa shape index (κ1) is 21.1. The molecule has 0 aliphatic carbocycles. The Morgan fingerprint density at radius 3 is 2.45 bits per heavy atom. The molecule has 0 saturated carbocycles. The van der Waals surface area contributed by atoms with E-state index in [-0.39, 0.29) is 18.4 Å². The highest BCUT2D eigenvalue weighted by Crippen LogP contribution is 2.40. The van der Waals surface area contributed by atoms with E-state index >= 15 is 0 Å². The molecule has 5 heteroatoms. The van der Waals surface area contributed by atoms with Crippen LogP contribution in [0.2, 0.25) is 5.02 Å². The van der Waals surface area contributed by atoms with Crippen LogP contribution in [0.5, 0.6) is 0 Å². The van der Waals surface area contributed by atoms with Gasteiger partial charge < -0.3 is 9.64 Å². The number of allylic oxidation sites excluding steroid dienone is 1. The molecule has 0 bridgehead atoms. The molecule has 29 heavy (non-hydrogen) atoms. The predicted molar refractivity (Wildman–Crippen MR) is 114 cm³/mol. The van der Waals surface area contributed by atoms with Crippen LogP contribution in [-0.2, 0) is 20.9 Å². The molecule has 0 radical (unpaired) electrons. The summed E-state index contributed by atoms with van der Waals surface area (Å²) in [4.78, 5) is 27.8. The van der Waals surface area contributed by atoms with E-state index in [0.29, 0.717) is 22.8 Å². The van der Waals surface area contributed by atoms with Crippen molar-refractivity contribution in [1.82, 2.24) is 4.90 Å². The van der Waals surface area contributed by atoms with Gasteiger partial charge in [-0.25, -0.2) is 4.79 Å². The van der Waals surface area contributed by atoms with Gasteiger partial charge in [-0.15, -0.1) is 0 Å². The minimum absolute atomic E-state index is 0.0308. The second kappa shape index (κ2) is 8.83. The third-order valence-corrected chi connectivity index (χ3v) is 5.60. The Morgan fingerprint density at radius 1 is 1.14 bits per heavy atom. The zero-order chi connectivity index (χ0) is 21.1. The van der Waals surface area contributed by atoms with Crippen LogP contribution >= 0.6 is 11.6 Å². The molecule has 1 amide bonds. The van der Waals surface area contributed by atoms with Gasteiger partial charge in [-0.1, -0.05) is 54.1 Å². The molecule has 4 nitrogen and oxygen atoms in total. The van der Waals surface area contributed by atoms with Crippen molar-refractivity contribution >= 4 is 23.5 Å². The van der Waals surface area contributed by atoms with Crippen LogP contribution in [0.25, 0.3) is 0 Å². The number of halogens is 1. The lowest BCUT2D eigenvalue weighted by Gasteiger charge is -2.35. The number of nitrogens with zero attached hydrogens (tertiary/aromatic N) is 1. The highest BCUT2D eigenvalue weighted by molar-refractivity contribution is 6.31. The molecular formula is C24H26ClNO3. The highest BCUT2D eigenvalue weighted by Gasteiger charge is 2.38. The van der Waals surface area contributed by atoms with E-state index < -0.39 is 11.9 Å². The molecule has 1 atom stereocenters. The lowest BCUT2D eigenvalue weighted by molar-refractivity contribution is -0.143. The maximum atomic E-state index is 13.1. The minimum Gasteiger partial charge on any atom is -0.460 e. The van der Waals surface area contributed by atoms with Crippen LogP contribution in [0.15, 0.2) is 59.8 Å². The van der Waals surface area contributed by atoms with Crippen LogP contribution in [-0.4, -0.2) is 22.9 Å². The van der Waals surface area contributed by atoms with Crippen molar-refractivity contribution in [3.63, 3.8) is 0 Å². The second-order valence-electron chi connectivity index (χ2n) is 7.64. The number of aryl methyl sites for hydroxylation is 1.